The van der Waals surface area contributed by atoms with Crippen LogP contribution in [0.4, 0.5) is 45.2 Å². The van der Waals surface area contributed by atoms with Gasteiger partial charge in [0, 0.05) is 30.3 Å². The zero-order chi connectivity index (χ0) is 21.9. The zero-order valence-corrected chi connectivity index (χ0v) is 16.1. The molecule has 0 atom stereocenters. The summed E-state index contributed by atoms with van der Waals surface area (Å²) in [7, 11) is 1.76. The highest BCUT2D eigenvalue weighted by atomic mass is 35.5. The first-order valence-electron chi connectivity index (χ1n) is 8.40. The highest BCUT2D eigenvalue weighted by molar-refractivity contribution is 6.28. The minimum absolute atomic E-state index is 0.0975. The van der Waals surface area contributed by atoms with Gasteiger partial charge in [-0.05, 0) is 60.1 Å². The van der Waals surface area contributed by atoms with Crippen molar-refractivity contribution >= 4 is 40.5 Å². The molecule has 0 bridgehead atoms. The van der Waals surface area contributed by atoms with Crippen LogP contribution < -0.4 is 15.5 Å². The van der Waals surface area contributed by atoms with E-state index in [1.165, 1.54) is 6.20 Å². The second kappa shape index (κ2) is 8.54. The lowest BCUT2D eigenvalue weighted by molar-refractivity contribution is -0.137. The molecule has 0 radical (unpaired) electrons. The summed E-state index contributed by atoms with van der Waals surface area (Å²) in [6.07, 6.45) is -3.22. The minimum atomic E-state index is -4.73. The van der Waals surface area contributed by atoms with Gasteiger partial charge in [-0.2, -0.15) is 13.2 Å². The molecule has 0 fully saturated rings. The number of alkyl halides is 3. The largest absolute Gasteiger partial charge is 0.416 e. The third-order valence-electron chi connectivity index (χ3n) is 3.95. The molecular weight excluding hydrogens is 426 g/mol. The molecule has 30 heavy (non-hydrogen) atoms. The average Bonchev–Trinajstić information content (AvgIpc) is 2.67. The molecule has 0 spiro atoms. The Morgan fingerprint density at radius 2 is 1.70 bits per heavy atom. The van der Waals surface area contributed by atoms with Crippen LogP contribution in [0.15, 0.2) is 54.7 Å². The Hall–Kier alpha value is -3.40. The number of amides is 2. The molecule has 3 aromatic rings. The van der Waals surface area contributed by atoms with E-state index in [1.807, 2.05) is 0 Å². The van der Waals surface area contributed by atoms with Gasteiger partial charge in [0.05, 0.1) is 5.56 Å². The minimum Gasteiger partial charge on any atom is -0.329 e. The molecular formula is C19H14ClF4N5O. The second-order valence-corrected chi connectivity index (χ2v) is 6.43. The Bertz CT molecular complexity index is 1060. The van der Waals surface area contributed by atoms with Gasteiger partial charge in [0.25, 0.3) is 0 Å². The van der Waals surface area contributed by atoms with E-state index in [1.54, 1.807) is 42.3 Å². The highest BCUT2D eigenvalue weighted by Crippen LogP contribution is 2.31. The van der Waals surface area contributed by atoms with E-state index >= 15 is 0 Å². The fourth-order valence-corrected chi connectivity index (χ4v) is 2.68. The van der Waals surface area contributed by atoms with Crippen molar-refractivity contribution in [2.45, 2.75) is 6.18 Å². The molecule has 3 rings (SSSR count). The predicted molar refractivity (Wildman–Crippen MR) is 106 cm³/mol. The smallest absolute Gasteiger partial charge is 0.329 e. The van der Waals surface area contributed by atoms with Crippen molar-refractivity contribution in [2.75, 3.05) is 22.6 Å². The standard InChI is InChI=1S/C19H14ClF4N5O/c1-29(16-6-7-25-17(20)28-16)15-4-2-13(3-5-15)26-18(30)27-14-9-11(19(22,23)24)8-12(21)10-14/h2-10H,1H3,(H2,26,27,30). The van der Waals surface area contributed by atoms with E-state index < -0.39 is 23.6 Å². The number of anilines is 4. The van der Waals surface area contributed by atoms with Crippen LogP contribution in [0.25, 0.3) is 0 Å². The molecule has 0 aliphatic heterocycles. The number of carbonyl (C=O) groups excluding carboxylic acids is 1. The van der Waals surface area contributed by atoms with Crippen LogP contribution in [0.5, 0.6) is 0 Å². The van der Waals surface area contributed by atoms with E-state index in [-0.39, 0.29) is 11.0 Å². The zero-order valence-electron chi connectivity index (χ0n) is 15.3. The normalized spacial score (nSPS) is 11.1. The van der Waals surface area contributed by atoms with Gasteiger partial charge in [0.1, 0.15) is 11.6 Å². The maximum absolute atomic E-state index is 13.4. The Kier molecular flexibility index (Phi) is 6.06. The number of urea groups is 1. The SMILES string of the molecule is CN(c1ccc(NC(=O)Nc2cc(F)cc(C(F)(F)F)c2)cc1)c1ccnc(Cl)n1. The Balaban J connectivity index is 1.67. The summed E-state index contributed by atoms with van der Waals surface area (Å²) >= 11 is 5.78. The molecule has 2 aromatic carbocycles. The second-order valence-electron chi connectivity index (χ2n) is 6.10. The van der Waals surface area contributed by atoms with E-state index in [0.29, 0.717) is 23.6 Å². The maximum Gasteiger partial charge on any atom is 0.416 e. The lowest BCUT2D eigenvalue weighted by atomic mass is 10.2. The lowest BCUT2D eigenvalue weighted by Crippen LogP contribution is -2.20. The molecule has 1 heterocycles. The monoisotopic (exact) mass is 439 g/mol. The van der Waals surface area contributed by atoms with Gasteiger partial charge in [-0.3, -0.25) is 0 Å². The number of hydrogen-bond donors (Lipinski definition) is 2. The van der Waals surface area contributed by atoms with Crippen LogP contribution in [0.1, 0.15) is 5.56 Å². The number of nitrogens with zero attached hydrogens (tertiary/aromatic N) is 3. The first-order chi connectivity index (χ1) is 14.1. The fourth-order valence-electron chi connectivity index (χ4n) is 2.53. The van der Waals surface area contributed by atoms with Crippen molar-refractivity contribution in [3.63, 3.8) is 0 Å². The summed E-state index contributed by atoms with van der Waals surface area (Å²) < 4.78 is 51.7. The number of benzene rings is 2. The van der Waals surface area contributed by atoms with Crippen LogP contribution >= 0.6 is 11.6 Å². The summed E-state index contributed by atoms with van der Waals surface area (Å²) in [4.78, 5) is 21.7. The third kappa shape index (κ3) is 5.35. The summed E-state index contributed by atoms with van der Waals surface area (Å²) in [6.45, 7) is 0. The van der Waals surface area contributed by atoms with E-state index in [9.17, 15) is 22.4 Å². The molecule has 2 amide bonds. The van der Waals surface area contributed by atoms with E-state index in [0.717, 1.165) is 11.8 Å². The topological polar surface area (TPSA) is 70.2 Å². The summed E-state index contributed by atoms with van der Waals surface area (Å²) in [5, 5.41) is 4.74. The van der Waals surface area contributed by atoms with Crippen molar-refractivity contribution in [3.05, 3.63) is 71.4 Å². The van der Waals surface area contributed by atoms with Crippen LogP contribution in [0.3, 0.4) is 0 Å². The van der Waals surface area contributed by atoms with Crippen molar-refractivity contribution in [3.8, 4) is 0 Å². The Morgan fingerprint density at radius 1 is 1.03 bits per heavy atom. The molecule has 156 valence electrons. The predicted octanol–water partition coefficient (Wildman–Crippen LogP) is 5.70. The third-order valence-corrected chi connectivity index (χ3v) is 4.13. The number of hydrogen-bond acceptors (Lipinski definition) is 4. The van der Waals surface area contributed by atoms with Crippen LogP contribution in [-0.2, 0) is 6.18 Å². The first-order valence-corrected chi connectivity index (χ1v) is 8.78. The van der Waals surface area contributed by atoms with Gasteiger partial charge in [0.2, 0.25) is 5.28 Å². The fraction of sp³-hybridized carbons (Fsp3) is 0.105. The molecule has 0 aliphatic carbocycles. The summed E-state index contributed by atoms with van der Waals surface area (Å²) in [6, 6.07) is 9.18. The first kappa shape index (κ1) is 21.3. The van der Waals surface area contributed by atoms with Crippen molar-refractivity contribution in [2.24, 2.45) is 0 Å². The van der Waals surface area contributed by atoms with Gasteiger partial charge >= 0.3 is 12.2 Å². The summed E-state index contributed by atoms with van der Waals surface area (Å²) in [5.74, 6) is -0.558. The maximum atomic E-state index is 13.4. The highest BCUT2D eigenvalue weighted by Gasteiger charge is 2.31. The van der Waals surface area contributed by atoms with Crippen LogP contribution in [-0.4, -0.2) is 23.0 Å². The van der Waals surface area contributed by atoms with Gasteiger partial charge in [-0.15, -0.1) is 0 Å². The molecule has 0 aliphatic rings. The van der Waals surface area contributed by atoms with Crippen LogP contribution in [0, 0.1) is 5.82 Å². The van der Waals surface area contributed by atoms with Gasteiger partial charge < -0.3 is 15.5 Å². The number of aromatic nitrogens is 2. The number of carbonyl (C=O) groups is 1. The van der Waals surface area contributed by atoms with Gasteiger partial charge in [-0.1, -0.05) is 0 Å². The Morgan fingerprint density at radius 3 is 2.33 bits per heavy atom. The molecule has 0 unspecified atom stereocenters. The molecule has 11 heteroatoms. The van der Waals surface area contributed by atoms with Gasteiger partial charge in [-0.25, -0.2) is 19.2 Å². The van der Waals surface area contributed by atoms with E-state index in [4.69, 9.17) is 11.6 Å². The molecule has 0 saturated carbocycles. The number of halogens is 5. The lowest BCUT2D eigenvalue weighted by Gasteiger charge is -2.18. The van der Waals surface area contributed by atoms with E-state index in [2.05, 4.69) is 20.6 Å². The molecule has 1 aromatic heterocycles. The Labute approximate surface area is 173 Å². The molecule has 6 nitrogen and oxygen atoms in total. The average molecular weight is 440 g/mol. The van der Waals surface area contributed by atoms with Crippen LogP contribution in [0.2, 0.25) is 5.28 Å². The number of nitrogens with one attached hydrogen (secondary N) is 2. The number of rotatable bonds is 4. The van der Waals surface area contributed by atoms with Crippen molar-refractivity contribution < 1.29 is 22.4 Å². The van der Waals surface area contributed by atoms with Crippen molar-refractivity contribution in [1.82, 2.24) is 9.97 Å². The van der Waals surface area contributed by atoms with Crippen molar-refractivity contribution in [1.29, 1.82) is 0 Å². The molecule has 0 saturated heterocycles. The summed E-state index contributed by atoms with van der Waals surface area (Å²) in [5.41, 5.74) is -0.416. The molecule has 2 N–H and O–H groups in total. The van der Waals surface area contributed by atoms with Gasteiger partial charge in [0.15, 0.2) is 0 Å². The quantitative estimate of drug-likeness (QED) is 0.404.